The van der Waals surface area contributed by atoms with E-state index < -0.39 is 10.0 Å². The summed E-state index contributed by atoms with van der Waals surface area (Å²) in [7, 11) is -1.52. The number of hydrogen-bond acceptors (Lipinski definition) is 4. The van der Waals surface area contributed by atoms with Crippen LogP contribution in [0.15, 0.2) is 14.7 Å². The zero-order chi connectivity index (χ0) is 14.8. The van der Waals surface area contributed by atoms with Crippen molar-refractivity contribution in [2.24, 2.45) is 0 Å². The summed E-state index contributed by atoms with van der Waals surface area (Å²) >= 11 is 4.90. The van der Waals surface area contributed by atoms with Gasteiger partial charge in [-0.3, -0.25) is 0 Å². The number of nitrogens with one attached hydrogen (secondary N) is 1. The topological polar surface area (TPSA) is 49.4 Å². The van der Waals surface area contributed by atoms with Gasteiger partial charge in [0.05, 0.1) is 3.79 Å². The van der Waals surface area contributed by atoms with Crippen LogP contribution in [0.2, 0.25) is 0 Å². The summed E-state index contributed by atoms with van der Waals surface area (Å²) in [6, 6.07) is 1.94. The van der Waals surface area contributed by atoms with E-state index in [-0.39, 0.29) is 6.04 Å². The molecule has 0 bridgehead atoms. The van der Waals surface area contributed by atoms with Gasteiger partial charge in [0.25, 0.3) is 0 Å². The van der Waals surface area contributed by atoms with Crippen molar-refractivity contribution in [1.29, 1.82) is 0 Å². The van der Waals surface area contributed by atoms with Crippen LogP contribution < -0.4 is 5.32 Å². The van der Waals surface area contributed by atoms with Crippen LogP contribution in [0.25, 0.3) is 0 Å². The van der Waals surface area contributed by atoms with Crippen molar-refractivity contribution in [2.75, 3.05) is 13.6 Å². The van der Waals surface area contributed by atoms with Crippen molar-refractivity contribution < 1.29 is 8.42 Å². The first-order valence-corrected chi connectivity index (χ1v) is 10.00. The molecule has 114 valence electrons. The highest BCUT2D eigenvalue weighted by Crippen LogP contribution is 2.36. The first-order chi connectivity index (χ1) is 9.50. The van der Waals surface area contributed by atoms with Gasteiger partial charge in [0.2, 0.25) is 10.0 Å². The standard InChI is InChI=1S/C13H21BrN2O2S2/c1-3-10-6-4-5-7-16(10)20(17,18)12-8-11(9-15-2)19-13(12)14/h8,10,15H,3-7,9H2,1-2H3. The molecule has 1 atom stereocenters. The Bertz CT molecular complexity index is 557. The minimum atomic E-state index is -3.38. The number of sulfonamides is 1. The summed E-state index contributed by atoms with van der Waals surface area (Å²) in [6.07, 6.45) is 3.94. The van der Waals surface area contributed by atoms with Crippen LogP contribution in [0, 0.1) is 0 Å². The lowest BCUT2D eigenvalue weighted by Crippen LogP contribution is -2.43. The molecule has 0 amide bonds. The van der Waals surface area contributed by atoms with Crippen molar-refractivity contribution in [1.82, 2.24) is 9.62 Å². The maximum absolute atomic E-state index is 12.9. The molecule has 1 saturated heterocycles. The fourth-order valence-electron chi connectivity index (χ4n) is 2.66. The Morgan fingerprint density at radius 2 is 2.25 bits per heavy atom. The molecular weight excluding hydrogens is 360 g/mol. The molecule has 2 rings (SSSR count). The van der Waals surface area contributed by atoms with E-state index in [0.717, 1.165) is 30.6 Å². The normalized spacial score (nSPS) is 21.2. The van der Waals surface area contributed by atoms with Gasteiger partial charge in [-0.15, -0.1) is 11.3 Å². The van der Waals surface area contributed by atoms with Gasteiger partial charge in [-0.1, -0.05) is 13.3 Å². The zero-order valence-corrected chi connectivity index (χ0v) is 15.1. The molecule has 20 heavy (non-hydrogen) atoms. The second-order valence-corrected chi connectivity index (χ2v) is 9.37. The van der Waals surface area contributed by atoms with Crippen LogP contribution in [0.4, 0.5) is 0 Å². The second kappa shape index (κ2) is 6.87. The molecule has 1 aromatic rings. The van der Waals surface area contributed by atoms with E-state index in [1.54, 1.807) is 10.4 Å². The molecular formula is C13H21BrN2O2S2. The van der Waals surface area contributed by atoms with E-state index >= 15 is 0 Å². The van der Waals surface area contributed by atoms with Crippen molar-refractivity contribution >= 4 is 37.3 Å². The predicted molar refractivity (Wildman–Crippen MR) is 86.6 cm³/mol. The summed E-state index contributed by atoms with van der Waals surface area (Å²) < 4.78 is 28.2. The summed E-state index contributed by atoms with van der Waals surface area (Å²) in [5, 5.41) is 3.06. The Kier molecular flexibility index (Phi) is 5.64. The van der Waals surface area contributed by atoms with Crippen LogP contribution >= 0.6 is 27.3 Å². The lowest BCUT2D eigenvalue weighted by molar-refractivity contribution is 0.246. The number of piperidine rings is 1. The lowest BCUT2D eigenvalue weighted by Gasteiger charge is -2.33. The highest BCUT2D eigenvalue weighted by atomic mass is 79.9. The second-order valence-electron chi connectivity index (χ2n) is 5.05. The molecule has 2 heterocycles. The van der Waals surface area contributed by atoms with Gasteiger partial charge in [-0.05, 0) is 48.3 Å². The van der Waals surface area contributed by atoms with E-state index in [1.165, 1.54) is 11.3 Å². The number of halogens is 1. The number of hydrogen-bond donors (Lipinski definition) is 1. The number of rotatable bonds is 5. The van der Waals surface area contributed by atoms with Gasteiger partial charge < -0.3 is 5.32 Å². The van der Waals surface area contributed by atoms with E-state index in [9.17, 15) is 8.42 Å². The SMILES string of the molecule is CCC1CCCCN1S(=O)(=O)c1cc(CNC)sc1Br. The van der Waals surface area contributed by atoms with Crippen LogP contribution in [0.3, 0.4) is 0 Å². The Morgan fingerprint density at radius 3 is 2.90 bits per heavy atom. The van der Waals surface area contributed by atoms with Gasteiger partial charge in [0.15, 0.2) is 0 Å². The molecule has 1 N–H and O–H groups in total. The third kappa shape index (κ3) is 3.27. The lowest BCUT2D eigenvalue weighted by atomic mass is 10.0. The average molecular weight is 381 g/mol. The number of thiophene rings is 1. The van der Waals surface area contributed by atoms with Gasteiger partial charge >= 0.3 is 0 Å². The van der Waals surface area contributed by atoms with E-state index in [0.29, 0.717) is 21.8 Å². The molecule has 0 aliphatic carbocycles. The highest BCUT2D eigenvalue weighted by Gasteiger charge is 2.34. The quantitative estimate of drug-likeness (QED) is 0.852. The van der Waals surface area contributed by atoms with E-state index in [4.69, 9.17) is 0 Å². The van der Waals surface area contributed by atoms with Gasteiger partial charge in [-0.2, -0.15) is 4.31 Å². The molecule has 0 saturated carbocycles. The smallest absolute Gasteiger partial charge is 0.245 e. The third-order valence-electron chi connectivity index (χ3n) is 3.69. The molecule has 1 unspecified atom stereocenters. The van der Waals surface area contributed by atoms with Crippen molar-refractivity contribution in [3.63, 3.8) is 0 Å². The summed E-state index contributed by atoms with van der Waals surface area (Å²) in [5.41, 5.74) is 0. The minimum absolute atomic E-state index is 0.147. The van der Waals surface area contributed by atoms with Crippen LogP contribution in [-0.2, 0) is 16.6 Å². The molecule has 1 fully saturated rings. The first kappa shape index (κ1) is 16.4. The third-order valence-corrected chi connectivity index (χ3v) is 7.89. The fraction of sp³-hybridized carbons (Fsp3) is 0.692. The molecule has 0 spiro atoms. The van der Waals surface area contributed by atoms with Gasteiger partial charge in [0.1, 0.15) is 4.90 Å². The Morgan fingerprint density at radius 1 is 1.50 bits per heavy atom. The fourth-order valence-corrected chi connectivity index (χ4v) is 7.07. The molecule has 0 radical (unpaired) electrons. The Hall–Kier alpha value is 0.0500. The molecule has 0 aromatic carbocycles. The maximum atomic E-state index is 12.9. The largest absolute Gasteiger partial charge is 0.315 e. The first-order valence-electron chi connectivity index (χ1n) is 6.95. The zero-order valence-electron chi connectivity index (χ0n) is 11.9. The van der Waals surface area contributed by atoms with Crippen LogP contribution in [0.5, 0.6) is 0 Å². The van der Waals surface area contributed by atoms with Crippen molar-refractivity contribution in [3.8, 4) is 0 Å². The van der Waals surface area contributed by atoms with E-state index in [1.807, 2.05) is 7.05 Å². The predicted octanol–water partition coefficient (Wildman–Crippen LogP) is 3.18. The monoisotopic (exact) mass is 380 g/mol. The Balaban J connectivity index is 2.33. The van der Waals surface area contributed by atoms with Crippen molar-refractivity contribution in [2.45, 2.75) is 50.1 Å². The van der Waals surface area contributed by atoms with E-state index in [2.05, 4.69) is 28.2 Å². The maximum Gasteiger partial charge on any atom is 0.245 e. The van der Waals surface area contributed by atoms with Gasteiger partial charge in [-0.25, -0.2) is 8.42 Å². The van der Waals surface area contributed by atoms with Crippen LogP contribution in [0.1, 0.15) is 37.5 Å². The molecule has 4 nitrogen and oxygen atoms in total. The average Bonchev–Trinajstić information content (AvgIpc) is 2.81. The summed E-state index contributed by atoms with van der Waals surface area (Å²) in [4.78, 5) is 1.45. The molecule has 7 heteroatoms. The van der Waals surface area contributed by atoms with Crippen LogP contribution in [-0.4, -0.2) is 32.4 Å². The highest BCUT2D eigenvalue weighted by molar-refractivity contribution is 9.11. The van der Waals surface area contributed by atoms with Gasteiger partial charge in [0, 0.05) is 24.0 Å². The number of nitrogens with zero attached hydrogens (tertiary/aromatic N) is 1. The summed E-state index contributed by atoms with van der Waals surface area (Å²) in [5.74, 6) is 0. The molecule has 1 aromatic heterocycles. The summed E-state index contributed by atoms with van der Waals surface area (Å²) in [6.45, 7) is 3.40. The minimum Gasteiger partial charge on any atom is -0.315 e. The Labute approximate surface area is 133 Å². The molecule has 1 aliphatic heterocycles. The molecule has 1 aliphatic rings. The van der Waals surface area contributed by atoms with Crippen molar-refractivity contribution in [3.05, 3.63) is 14.7 Å².